The molecule has 3 rings (SSSR count). The lowest BCUT2D eigenvalue weighted by atomic mass is 9.92. The minimum atomic E-state index is -4.31. The smallest absolute Gasteiger partial charge is 0.409 e. The Balaban J connectivity index is 1.85. The number of nitrogens with one attached hydrogen (secondary N) is 1. The minimum Gasteiger partial charge on any atom is -0.447 e. The number of ether oxygens (including phenoxy) is 3. The number of pyridine rings is 1. The van der Waals surface area contributed by atoms with Crippen molar-refractivity contribution >= 4 is 22.0 Å². The summed E-state index contributed by atoms with van der Waals surface area (Å²) in [6, 6.07) is 7.77. The van der Waals surface area contributed by atoms with E-state index >= 15 is 0 Å². The molecule has 196 valence electrons. The number of halogens is 1. The van der Waals surface area contributed by atoms with Crippen molar-refractivity contribution in [1.29, 1.82) is 0 Å². The number of hydrogen-bond acceptors (Lipinski definition) is 9. The van der Waals surface area contributed by atoms with Crippen LogP contribution in [0.2, 0.25) is 0 Å². The molecule has 1 atom stereocenters. The Hall–Kier alpha value is -3.33. The summed E-state index contributed by atoms with van der Waals surface area (Å²) in [5.41, 5.74) is -0.284. The minimum absolute atomic E-state index is 0.0167. The fraction of sp³-hybridized carbons (Fsp3) is 0.409. The Morgan fingerprint density at radius 1 is 1.17 bits per heavy atom. The van der Waals surface area contributed by atoms with Crippen molar-refractivity contribution in [2.24, 2.45) is 0 Å². The third kappa shape index (κ3) is 5.73. The van der Waals surface area contributed by atoms with Crippen LogP contribution in [0.15, 0.2) is 47.5 Å². The fourth-order valence-corrected chi connectivity index (χ4v) is 5.51. The summed E-state index contributed by atoms with van der Waals surface area (Å²) in [6.07, 6.45) is 0.271. The Morgan fingerprint density at radius 2 is 1.89 bits per heavy atom. The van der Waals surface area contributed by atoms with E-state index in [1.807, 2.05) is 0 Å². The first kappa shape index (κ1) is 27.3. The van der Waals surface area contributed by atoms with Crippen LogP contribution < -0.4 is 10.2 Å². The molecule has 2 amide bonds. The molecule has 2 N–H and O–H groups in total. The summed E-state index contributed by atoms with van der Waals surface area (Å²) < 4.78 is 56.6. The molecule has 1 aromatic heterocycles. The third-order valence-electron chi connectivity index (χ3n) is 5.72. The van der Waals surface area contributed by atoms with Crippen LogP contribution in [-0.4, -0.2) is 85.3 Å². The van der Waals surface area contributed by atoms with Crippen LogP contribution in [0.25, 0.3) is 0 Å². The van der Waals surface area contributed by atoms with Crippen molar-refractivity contribution < 1.29 is 41.8 Å². The highest BCUT2D eigenvalue weighted by atomic mass is 32.2. The van der Waals surface area contributed by atoms with Gasteiger partial charge in [0, 0.05) is 26.3 Å². The number of hydroxylamine groups is 1. The molecule has 0 bridgehead atoms. The Bertz CT molecular complexity index is 1160. The standard InChI is InChI=1S/C22H27FN4O8S/c1-3-22(20(28)25-30)15-26(21(29)34-13-12-33-2)10-11-27(22)36(31,32)18-8-9-19(24-14-18)35-17-6-4-16(23)5-7-17/h4-9,14,30H,3,10-13,15H2,1-2H3,(H,25,28)/t22-/m1/s1. The summed E-state index contributed by atoms with van der Waals surface area (Å²) in [7, 11) is -2.86. The van der Waals surface area contributed by atoms with Gasteiger partial charge in [-0.2, -0.15) is 4.31 Å². The quantitative estimate of drug-likeness (QED) is 0.283. The number of piperazine rings is 1. The molecule has 1 saturated heterocycles. The van der Waals surface area contributed by atoms with Crippen molar-refractivity contribution in [3.63, 3.8) is 0 Å². The number of amides is 2. The van der Waals surface area contributed by atoms with Gasteiger partial charge in [0.15, 0.2) is 0 Å². The first-order valence-corrected chi connectivity index (χ1v) is 12.4. The van der Waals surface area contributed by atoms with Gasteiger partial charge in [0.1, 0.15) is 28.6 Å². The van der Waals surface area contributed by atoms with Gasteiger partial charge in [-0.25, -0.2) is 28.1 Å². The molecule has 14 heteroatoms. The summed E-state index contributed by atoms with van der Waals surface area (Å²) in [5.74, 6) is -1.06. The number of hydrogen-bond donors (Lipinski definition) is 2. The van der Waals surface area contributed by atoms with Crippen molar-refractivity contribution in [2.75, 3.05) is 40.0 Å². The molecule has 1 aromatic carbocycles. The Kier molecular flexibility index (Phi) is 8.79. The van der Waals surface area contributed by atoms with E-state index in [-0.39, 0.29) is 50.0 Å². The summed E-state index contributed by atoms with van der Waals surface area (Å²) in [6.45, 7) is 1.08. The molecule has 2 aromatic rings. The van der Waals surface area contributed by atoms with Crippen LogP contribution in [0.3, 0.4) is 0 Å². The van der Waals surface area contributed by atoms with Gasteiger partial charge in [0.05, 0.1) is 19.3 Å². The topological polar surface area (TPSA) is 148 Å². The molecule has 1 aliphatic rings. The number of rotatable bonds is 9. The van der Waals surface area contributed by atoms with Crippen LogP contribution in [0.4, 0.5) is 9.18 Å². The van der Waals surface area contributed by atoms with Gasteiger partial charge in [-0.15, -0.1) is 0 Å². The molecule has 2 heterocycles. The van der Waals surface area contributed by atoms with E-state index in [1.165, 1.54) is 53.9 Å². The van der Waals surface area contributed by atoms with Gasteiger partial charge in [-0.3, -0.25) is 10.0 Å². The SMILES string of the molecule is CC[C@]1(C(=O)NO)CN(C(=O)OCCOC)CCN1S(=O)(=O)c1ccc(Oc2ccc(F)cc2)nc1. The van der Waals surface area contributed by atoms with Gasteiger partial charge >= 0.3 is 6.09 Å². The second-order valence-corrected chi connectivity index (χ2v) is 9.68. The molecule has 0 saturated carbocycles. The lowest BCUT2D eigenvalue weighted by Gasteiger charge is -2.47. The Labute approximate surface area is 207 Å². The van der Waals surface area contributed by atoms with Crippen molar-refractivity contribution in [2.45, 2.75) is 23.8 Å². The zero-order valence-electron chi connectivity index (χ0n) is 19.7. The van der Waals surface area contributed by atoms with E-state index < -0.39 is 33.4 Å². The second-order valence-electron chi connectivity index (χ2n) is 7.82. The number of sulfonamides is 1. The molecule has 0 radical (unpaired) electrons. The molecule has 1 fully saturated rings. The third-order valence-corrected chi connectivity index (χ3v) is 7.67. The average molecular weight is 527 g/mol. The molecular formula is C22H27FN4O8S. The maximum absolute atomic E-state index is 13.6. The van der Waals surface area contributed by atoms with Gasteiger partial charge in [-0.05, 0) is 36.8 Å². The van der Waals surface area contributed by atoms with E-state index in [2.05, 4.69) is 4.98 Å². The zero-order chi connectivity index (χ0) is 26.3. The van der Waals surface area contributed by atoms with E-state index in [0.717, 1.165) is 10.5 Å². The number of carbonyl (C=O) groups excluding carboxylic acids is 2. The maximum Gasteiger partial charge on any atom is 0.409 e. The summed E-state index contributed by atoms with van der Waals surface area (Å²) in [4.78, 5) is 30.2. The predicted molar refractivity (Wildman–Crippen MR) is 122 cm³/mol. The molecule has 1 aliphatic heterocycles. The summed E-state index contributed by atoms with van der Waals surface area (Å²) >= 11 is 0. The van der Waals surface area contributed by atoms with Gasteiger partial charge in [0.2, 0.25) is 15.9 Å². The van der Waals surface area contributed by atoms with Gasteiger partial charge in [0.25, 0.3) is 5.91 Å². The monoisotopic (exact) mass is 526 g/mol. The van der Waals surface area contributed by atoms with Crippen LogP contribution in [0, 0.1) is 5.82 Å². The zero-order valence-corrected chi connectivity index (χ0v) is 20.5. The average Bonchev–Trinajstić information content (AvgIpc) is 2.89. The van der Waals surface area contributed by atoms with Crippen molar-refractivity contribution in [3.05, 3.63) is 48.4 Å². The van der Waals surface area contributed by atoms with Gasteiger partial charge < -0.3 is 19.1 Å². The summed E-state index contributed by atoms with van der Waals surface area (Å²) in [5, 5.41) is 9.40. The highest BCUT2D eigenvalue weighted by Gasteiger charge is 2.53. The van der Waals surface area contributed by atoms with E-state index in [1.54, 1.807) is 6.92 Å². The molecule has 0 aliphatic carbocycles. The first-order valence-electron chi connectivity index (χ1n) is 11.0. The normalized spacial score (nSPS) is 18.5. The molecule has 12 nitrogen and oxygen atoms in total. The predicted octanol–water partition coefficient (Wildman–Crippen LogP) is 1.76. The molecular weight excluding hydrogens is 499 g/mol. The highest BCUT2D eigenvalue weighted by molar-refractivity contribution is 7.89. The van der Waals surface area contributed by atoms with Crippen LogP contribution in [0.1, 0.15) is 13.3 Å². The number of methoxy groups -OCH3 is 1. The van der Waals surface area contributed by atoms with Gasteiger partial charge in [-0.1, -0.05) is 6.92 Å². The second kappa shape index (κ2) is 11.6. The molecule has 36 heavy (non-hydrogen) atoms. The van der Waals surface area contributed by atoms with Crippen molar-refractivity contribution in [1.82, 2.24) is 19.7 Å². The highest BCUT2D eigenvalue weighted by Crippen LogP contribution is 2.33. The maximum atomic E-state index is 13.6. The number of carbonyl (C=O) groups is 2. The largest absolute Gasteiger partial charge is 0.447 e. The number of benzene rings is 1. The van der Waals surface area contributed by atoms with Crippen LogP contribution >= 0.6 is 0 Å². The molecule has 0 spiro atoms. The van der Waals surface area contributed by atoms with E-state index in [9.17, 15) is 27.6 Å². The number of aromatic nitrogens is 1. The van der Waals surface area contributed by atoms with Crippen molar-refractivity contribution in [3.8, 4) is 11.6 Å². The van der Waals surface area contributed by atoms with E-state index in [0.29, 0.717) is 5.75 Å². The van der Waals surface area contributed by atoms with Crippen LogP contribution in [0.5, 0.6) is 11.6 Å². The molecule has 0 unspecified atom stereocenters. The lowest BCUT2D eigenvalue weighted by Crippen LogP contribution is -2.70. The number of nitrogens with zero attached hydrogens (tertiary/aromatic N) is 3. The lowest BCUT2D eigenvalue weighted by molar-refractivity contribution is -0.142. The first-order chi connectivity index (χ1) is 17.2. The van der Waals surface area contributed by atoms with E-state index in [4.69, 9.17) is 14.2 Å². The van der Waals surface area contributed by atoms with Crippen LogP contribution in [-0.2, 0) is 24.3 Å². The fourth-order valence-electron chi connectivity index (χ4n) is 3.78. The Morgan fingerprint density at radius 3 is 2.47 bits per heavy atom.